The highest BCUT2D eigenvalue weighted by atomic mass is 32.2. The number of likely N-dealkylation sites (N-methyl/N-ethyl adjacent to an activating group) is 1. The van der Waals surface area contributed by atoms with Crippen LogP contribution < -0.4 is 0 Å². The largest absolute Gasteiger partial charge is 0.338 e. The minimum absolute atomic E-state index is 0.135. The number of carbonyl (C=O) groups excluding carboxylic acids is 2. The zero-order valence-corrected chi connectivity index (χ0v) is 12.4. The highest BCUT2D eigenvalue weighted by Crippen LogP contribution is 2.47. The summed E-state index contributed by atoms with van der Waals surface area (Å²) in [7, 11) is 2.08. The Morgan fingerprint density at radius 1 is 1.32 bits per heavy atom. The van der Waals surface area contributed by atoms with Crippen LogP contribution in [0.1, 0.15) is 19.8 Å². The Morgan fingerprint density at radius 2 is 2.00 bits per heavy atom. The maximum Gasteiger partial charge on any atom is 0.246 e. The molecule has 0 aromatic heterocycles. The summed E-state index contributed by atoms with van der Waals surface area (Å²) >= 11 is 1.77. The van der Waals surface area contributed by atoms with E-state index in [0.717, 1.165) is 38.4 Å². The number of hydrogen-bond acceptors (Lipinski definition) is 4. The van der Waals surface area contributed by atoms with E-state index < -0.39 is 0 Å². The molecule has 2 atom stereocenters. The van der Waals surface area contributed by atoms with Crippen LogP contribution in [-0.2, 0) is 9.59 Å². The molecule has 0 aromatic rings. The molecule has 106 valence electrons. The summed E-state index contributed by atoms with van der Waals surface area (Å²) in [4.78, 5) is 30.6. The maximum atomic E-state index is 12.6. The molecule has 2 amide bonds. The quantitative estimate of drug-likeness (QED) is 0.690. The molecule has 0 bridgehead atoms. The third-order valence-electron chi connectivity index (χ3n) is 4.54. The van der Waals surface area contributed by atoms with E-state index >= 15 is 0 Å². The monoisotopic (exact) mass is 283 g/mol. The van der Waals surface area contributed by atoms with Gasteiger partial charge in [0.25, 0.3) is 0 Å². The fourth-order valence-corrected chi connectivity index (χ4v) is 4.66. The van der Waals surface area contributed by atoms with E-state index in [0.29, 0.717) is 6.42 Å². The number of carbonyl (C=O) groups is 2. The van der Waals surface area contributed by atoms with Crippen LogP contribution in [0, 0.1) is 0 Å². The Bertz CT molecular complexity index is 409. The van der Waals surface area contributed by atoms with Gasteiger partial charge in [0.15, 0.2) is 0 Å². The normalized spacial score (nSPS) is 35.9. The van der Waals surface area contributed by atoms with Crippen LogP contribution in [0.5, 0.6) is 0 Å². The SMILES string of the molecule is CN1CCN(C(=O)C2CSC3(C)CCC(=O)N23)CC1. The fraction of sp³-hybridized carbons (Fsp3) is 0.846. The molecule has 2 unspecified atom stereocenters. The predicted octanol–water partition coefficient (Wildman–Crippen LogP) is 0.214. The van der Waals surface area contributed by atoms with E-state index in [-0.39, 0.29) is 22.7 Å². The van der Waals surface area contributed by atoms with Gasteiger partial charge in [-0.15, -0.1) is 11.8 Å². The van der Waals surface area contributed by atoms with Crippen LogP contribution in [-0.4, -0.2) is 76.4 Å². The second-order valence-electron chi connectivity index (χ2n) is 5.89. The molecule has 6 heteroatoms. The second-order valence-corrected chi connectivity index (χ2v) is 7.40. The smallest absolute Gasteiger partial charge is 0.246 e. The van der Waals surface area contributed by atoms with Crippen LogP contribution in [0.3, 0.4) is 0 Å². The molecule has 3 aliphatic rings. The van der Waals surface area contributed by atoms with Gasteiger partial charge >= 0.3 is 0 Å². The van der Waals surface area contributed by atoms with Crippen molar-refractivity contribution < 1.29 is 9.59 Å². The highest BCUT2D eigenvalue weighted by molar-refractivity contribution is 8.01. The first kappa shape index (κ1) is 13.2. The molecule has 3 heterocycles. The molecular weight excluding hydrogens is 262 g/mol. The van der Waals surface area contributed by atoms with E-state index in [9.17, 15) is 9.59 Å². The molecule has 0 saturated carbocycles. The number of thioether (sulfide) groups is 1. The molecular formula is C13H21N3O2S. The van der Waals surface area contributed by atoms with Crippen LogP contribution in [0.4, 0.5) is 0 Å². The lowest BCUT2D eigenvalue weighted by Crippen LogP contribution is -2.55. The first-order chi connectivity index (χ1) is 9.01. The molecule has 0 aliphatic carbocycles. The topological polar surface area (TPSA) is 43.9 Å². The van der Waals surface area contributed by atoms with Crippen molar-refractivity contribution in [3.63, 3.8) is 0 Å². The molecule has 0 aromatic carbocycles. The van der Waals surface area contributed by atoms with E-state index in [2.05, 4.69) is 18.9 Å². The number of amides is 2. The van der Waals surface area contributed by atoms with Crippen molar-refractivity contribution in [2.45, 2.75) is 30.7 Å². The van der Waals surface area contributed by atoms with Gasteiger partial charge in [-0.2, -0.15) is 0 Å². The van der Waals surface area contributed by atoms with Crippen LogP contribution in [0.2, 0.25) is 0 Å². The number of fused-ring (bicyclic) bond motifs is 1. The van der Waals surface area contributed by atoms with Gasteiger partial charge < -0.3 is 14.7 Å². The van der Waals surface area contributed by atoms with Crippen molar-refractivity contribution in [2.24, 2.45) is 0 Å². The molecule has 3 fully saturated rings. The molecule has 3 aliphatic heterocycles. The zero-order chi connectivity index (χ0) is 13.6. The standard InChI is InChI=1S/C13H21N3O2S/c1-13-4-3-11(17)16(13)10(9-19-13)12(18)15-7-5-14(2)6-8-15/h10H,3-9H2,1-2H3. The minimum Gasteiger partial charge on any atom is -0.338 e. The number of rotatable bonds is 1. The Kier molecular flexibility index (Phi) is 3.25. The van der Waals surface area contributed by atoms with Gasteiger partial charge in [-0.05, 0) is 20.4 Å². The first-order valence-corrected chi connectivity index (χ1v) is 7.93. The van der Waals surface area contributed by atoms with Crippen molar-refractivity contribution >= 4 is 23.6 Å². The average Bonchev–Trinajstić information content (AvgIpc) is 2.87. The zero-order valence-electron chi connectivity index (χ0n) is 11.6. The fourth-order valence-electron chi connectivity index (χ4n) is 3.24. The van der Waals surface area contributed by atoms with E-state index in [1.165, 1.54) is 0 Å². The van der Waals surface area contributed by atoms with Crippen LogP contribution >= 0.6 is 11.8 Å². The van der Waals surface area contributed by atoms with Crippen LogP contribution in [0.15, 0.2) is 0 Å². The first-order valence-electron chi connectivity index (χ1n) is 6.95. The van der Waals surface area contributed by atoms with E-state index in [1.807, 2.05) is 9.80 Å². The third kappa shape index (κ3) is 2.14. The Morgan fingerprint density at radius 3 is 2.68 bits per heavy atom. The van der Waals surface area contributed by atoms with Crippen molar-refractivity contribution in [3.05, 3.63) is 0 Å². The van der Waals surface area contributed by atoms with Gasteiger partial charge in [0, 0.05) is 38.4 Å². The summed E-state index contributed by atoms with van der Waals surface area (Å²) in [5.41, 5.74) is 0. The summed E-state index contributed by atoms with van der Waals surface area (Å²) in [5, 5.41) is 0. The number of nitrogens with zero attached hydrogens (tertiary/aromatic N) is 3. The van der Waals surface area contributed by atoms with Gasteiger partial charge in [0.1, 0.15) is 6.04 Å². The second kappa shape index (κ2) is 4.66. The molecule has 19 heavy (non-hydrogen) atoms. The van der Waals surface area contributed by atoms with Crippen molar-refractivity contribution in [1.29, 1.82) is 0 Å². The summed E-state index contributed by atoms with van der Waals surface area (Å²) in [6.45, 7) is 5.53. The minimum atomic E-state index is -0.228. The van der Waals surface area contributed by atoms with Crippen molar-refractivity contribution in [2.75, 3.05) is 39.0 Å². The number of piperazine rings is 1. The Labute approximate surface area is 118 Å². The summed E-state index contributed by atoms with van der Waals surface area (Å²) < 4.78 is 0. The van der Waals surface area contributed by atoms with Crippen molar-refractivity contribution in [3.8, 4) is 0 Å². The van der Waals surface area contributed by atoms with Crippen LogP contribution in [0.25, 0.3) is 0 Å². The predicted molar refractivity (Wildman–Crippen MR) is 74.8 cm³/mol. The third-order valence-corrected chi connectivity index (χ3v) is 6.05. The molecule has 3 rings (SSSR count). The van der Waals surface area contributed by atoms with E-state index in [1.54, 1.807) is 11.8 Å². The molecule has 0 radical (unpaired) electrons. The molecule has 5 nitrogen and oxygen atoms in total. The van der Waals surface area contributed by atoms with Crippen molar-refractivity contribution in [1.82, 2.24) is 14.7 Å². The lowest BCUT2D eigenvalue weighted by molar-refractivity contribution is -0.144. The lowest BCUT2D eigenvalue weighted by atomic mass is 10.2. The summed E-state index contributed by atoms with van der Waals surface area (Å²) in [6.07, 6.45) is 1.47. The maximum absolute atomic E-state index is 12.6. The average molecular weight is 283 g/mol. The molecule has 3 saturated heterocycles. The summed E-state index contributed by atoms with van der Waals surface area (Å²) in [5.74, 6) is 1.06. The van der Waals surface area contributed by atoms with E-state index in [4.69, 9.17) is 0 Å². The van der Waals surface area contributed by atoms with Gasteiger partial charge in [0.05, 0.1) is 4.87 Å². The lowest BCUT2D eigenvalue weighted by Gasteiger charge is -2.36. The van der Waals surface area contributed by atoms with Gasteiger partial charge in [0.2, 0.25) is 11.8 Å². The van der Waals surface area contributed by atoms with Gasteiger partial charge in [-0.25, -0.2) is 0 Å². The molecule has 0 spiro atoms. The Hall–Kier alpha value is -0.750. The molecule has 0 N–H and O–H groups in total. The van der Waals surface area contributed by atoms with Gasteiger partial charge in [-0.3, -0.25) is 9.59 Å². The number of hydrogen-bond donors (Lipinski definition) is 0. The highest BCUT2D eigenvalue weighted by Gasteiger charge is 2.53. The summed E-state index contributed by atoms with van der Waals surface area (Å²) in [6, 6.07) is -0.228. The van der Waals surface area contributed by atoms with Gasteiger partial charge in [-0.1, -0.05) is 0 Å². The Balaban J connectivity index is 1.72.